The lowest BCUT2D eigenvalue weighted by molar-refractivity contribution is -0.302. The number of Topliss-reactive ketones (excluding diaryl/α,β-unsaturated/α-hetero) is 1. The molecule has 1 amide bonds. The van der Waals surface area contributed by atoms with Crippen LogP contribution in [-0.4, -0.2) is 118 Å². The first kappa shape index (κ1) is 55.1. The van der Waals surface area contributed by atoms with Crippen LogP contribution in [0.25, 0.3) is 0 Å². The van der Waals surface area contributed by atoms with E-state index in [9.17, 15) is 24.3 Å². The highest BCUT2D eigenvalue weighted by molar-refractivity contribution is 6.77. The molecule has 0 radical (unpaired) electrons. The van der Waals surface area contributed by atoms with E-state index in [1.165, 1.54) is 4.90 Å². The summed E-state index contributed by atoms with van der Waals surface area (Å²) in [4.78, 5) is 58.5. The van der Waals surface area contributed by atoms with Crippen LogP contribution in [0.15, 0.2) is 35.5 Å². The van der Waals surface area contributed by atoms with Crippen molar-refractivity contribution in [2.45, 2.75) is 212 Å². The molecule has 370 valence electrons. The predicted molar refractivity (Wildman–Crippen MR) is 256 cm³/mol. The summed E-state index contributed by atoms with van der Waals surface area (Å²) in [7, 11) is 2.72. The lowest BCUT2D eigenvalue weighted by Gasteiger charge is -2.47. The number of carbonyl (C=O) groups excluding carboxylic acids is 4. The van der Waals surface area contributed by atoms with E-state index in [1.807, 2.05) is 39.8 Å². The summed E-state index contributed by atoms with van der Waals surface area (Å²) in [6.45, 7) is 25.6. The summed E-state index contributed by atoms with van der Waals surface area (Å²) in [5.41, 5.74) is 3.24. The van der Waals surface area contributed by atoms with Gasteiger partial charge in [-0.1, -0.05) is 93.0 Å². The molecule has 2 saturated heterocycles. The maximum atomic E-state index is 14.5. The molecule has 1 aliphatic carbocycles. The number of esters is 1. The summed E-state index contributed by atoms with van der Waals surface area (Å²) in [6, 6.07) is -1.06. The fourth-order valence-electron chi connectivity index (χ4n) is 11.9. The van der Waals surface area contributed by atoms with Crippen molar-refractivity contribution < 1.29 is 52.4 Å². The van der Waals surface area contributed by atoms with Crippen molar-refractivity contribution in [3.8, 4) is 0 Å². The number of carbonyl (C=O) groups is 4. The largest absolute Gasteiger partial charge is 0.456 e. The Bertz CT molecular complexity index is 1690. The number of hydrogen-bond acceptors (Lipinski definition) is 11. The Morgan fingerprint density at radius 1 is 0.877 bits per heavy atom. The zero-order valence-corrected chi connectivity index (χ0v) is 43.7. The number of nitrogens with zero attached hydrogens (tertiary/aromatic N) is 1. The molecule has 0 aromatic rings. The molecular weight excluding hydrogens is 843 g/mol. The molecule has 1 N–H and O–H groups in total. The highest BCUT2D eigenvalue weighted by Crippen LogP contribution is 2.46. The maximum Gasteiger partial charge on any atom is 0.329 e. The number of methoxy groups -OCH3 is 3. The molecule has 3 aliphatic heterocycles. The standard InChI is InChI=1S/C52H87NO11Si/c1-16-40-26-34(8)25-35(9)27-45(60-14)48-46(61-15)29-38(12)52(58,63-48)49(55)50(56)53-24-18-17-19-41(53)51(57)62-47(36(10)20-22-42(40)54)37(11)28-39-21-23-43(44(30-39)59-13)64-65(31(2)3,32(4)5)33(6)7/h20,22,26,28,31-33,35-36,38-41,43-48,58H,16-19,21,23-25,27,29-30H2,1-15H3/b22-20+,34-26+,37-28?. The van der Waals surface area contributed by atoms with Gasteiger partial charge in [-0.15, -0.1) is 0 Å². The zero-order chi connectivity index (χ0) is 48.6. The van der Waals surface area contributed by atoms with E-state index in [0.717, 1.165) is 30.4 Å². The van der Waals surface area contributed by atoms with Gasteiger partial charge in [0, 0.05) is 45.6 Å². The Morgan fingerprint density at radius 3 is 2.08 bits per heavy atom. The second-order valence-electron chi connectivity index (χ2n) is 21.1. The Kier molecular flexibility index (Phi) is 20.5. The van der Waals surface area contributed by atoms with Crippen molar-refractivity contribution in [2.24, 2.45) is 29.6 Å². The molecule has 3 heterocycles. The second-order valence-corrected chi connectivity index (χ2v) is 26.5. The molecule has 4 rings (SSSR count). The molecule has 0 aromatic carbocycles. The minimum atomic E-state index is -2.47. The van der Waals surface area contributed by atoms with Gasteiger partial charge in [-0.2, -0.15) is 0 Å². The lowest BCUT2D eigenvalue weighted by Crippen LogP contribution is -2.64. The Balaban J connectivity index is 1.74. The van der Waals surface area contributed by atoms with E-state index in [4.69, 9.17) is 28.1 Å². The Morgan fingerprint density at radius 2 is 1.49 bits per heavy atom. The van der Waals surface area contributed by atoms with E-state index < -0.39 is 74.1 Å². The van der Waals surface area contributed by atoms with Gasteiger partial charge in [0.2, 0.25) is 14.1 Å². The van der Waals surface area contributed by atoms with Crippen molar-refractivity contribution in [1.82, 2.24) is 4.90 Å². The van der Waals surface area contributed by atoms with E-state index in [-0.39, 0.29) is 48.7 Å². The number of rotatable bonds is 11. The van der Waals surface area contributed by atoms with Gasteiger partial charge in [0.05, 0.1) is 24.4 Å². The Labute approximate surface area is 393 Å². The Hall–Kier alpha value is -2.52. The van der Waals surface area contributed by atoms with Crippen LogP contribution in [0.3, 0.4) is 0 Å². The summed E-state index contributed by atoms with van der Waals surface area (Å²) in [5, 5.41) is 12.1. The van der Waals surface area contributed by atoms with Crippen LogP contribution in [-0.2, 0) is 47.3 Å². The molecule has 13 heteroatoms. The van der Waals surface area contributed by atoms with Gasteiger partial charge < -0.3 is 38.1 Å². The fourth-order valence-corrected chi connectivity index (χ4v) is 17.5. The quantitative estimate of drug-likeness (QED) is 0.0915. The number of piperidine rings is 1. The van der Waals surface area contributed by atoms with Gasteiger partial charge in [0.15, 0.2) is 5.78 Å². The summed E-state index contributed by atoms with van der Waals surface area (Å²) in [6.07, 6.45) is 10.9. The van der Waals surface area contributed by atoms with E-state index in [2.05, 4.69) is 54.5 Å². The molecule has 65 heavy (non-hydrogen) atoms. The number of fused-ring (bicyclic) bond motifs is 3. The smallest absolute Gasteiger partial charge is 0.329 e. The number of ketones is 2. The highest BCUT2D eigenvalue weighted by Gasteiger charge is 2.57. The molecular formula is C52H87NO11Si. The van der Waals surface area contributed by atoms with Crippen LogP contribution in [0.5, 0.6) is 0 Å². The number of allylic oxidation sites excluding steroid dienone is 4. The highest BCUT2D eigenvalue weighted by atomic mass is 28.4. The van der Waals surface area contributed by atoms with Gasteiger partial charge in [-0.3, -0.25) is 14.4 Å². The number of hydrogen-bond donors (Lipinski definition) is 1. The SMILES string of the molecule is CCC1/C=C(\C)CC(C)CC(OC)C2OC(O)(C(=O)C(=O)N3CCCCC3C(=O)OC(C(C)=CC3CCC(O[Si](C(C)C)(C(C)C)C(C)C)C(OC)C3)C(C)/C=C/C1=O)C(C)CC2OC. The molecule has 0 spiro atoms. The molecule has 12 nitrogen and oxygen atoms in total. The van der Waals surface area contributed by atoms with Crippen LogP contribution in [0, 0.1) is 29.6 Å². The van der Waals surface area contributed by atoms with Gasteiger partial charge in [0.1, 0.15) is 18.2 Å². The summed E-state index contributed by atoms with van der Waals surface area (Å²) < 4.78 is 38.0. The third-order valence-corrected chi connectivity index (χ3v) is 21.6. The van der Waals surface area contributed by atoms with Crippen LogP contribution in [0.4, 0.5) is 0 Å². The molecule has 1 saturated carbocycles. The molecule has 0 aromatic heterocycles. The average Bonchev–Trinajstić information content (AvgIpc) is 3.26. The van der Waals surface area contributed by atoms with Gasteiger partial charge in [-0.05, 0) is 118 Å². The first-order chi connectivity index (χ1) is 30.6. The van der Waals surface area contributed by atoms with E-state index in [1.54, 1.807) is 34.3 Å². The minimum Gasteiger partial charge on any atom is -0.456 e. The maximum absolute atomic E-state index is 14.5. The molecule has 13 atom stereocenters. The van der Waals surface area contributed by atoms with Crippen LogP contribution in [0.1, 0.15) is 147 Å². The number of ether oxygens (including phenoxy) is 5. The van der Waals surface area contributed by atoms with Crippen molar-refractivity contribution in [2.75, 3.05) is 27.9 Å². The van der Waals surface area contributed by atoms with Crippen LogP contribution in [0.2, 0.25) is 16.6 Å². The summed E-state index contributed by atoms with van der Waals surface area (Å²) >= 11 is 0. The van der Waals surface area contributed by atoms with E-state index in [0.29, 0.717) is 55.1 Å². The second kappa shape index (κ2) is 24.2. The van der Waals surface area contributed by atoms with Crippen molar-refractivity contribution >= 4 is 31.8 Å². The topological polar surface area (TPSA) is 147 Å². The predicted octanol–water partition coefficient (Wildman–Crippen LogP) is 9.48. The van der Waals surface area contributed by atoms with E-state index >= 15 is 0 Å². The molecule has 2 bridgehead atoms. The van der Waals surface area contributed by atoms with Gasteiger partial charge >= 0.3 is 5.97 Å². The summed E-state index contributed by atoms with van der Waals surface area (Å²) in [5.74, 6) is -6.59. The van der Waals surface area contributed by atoms with Gasteiger partial charge in [-0.25, -0.2) is 4.79 Å². The minimum absolute atomic E-state index is 0.0117. The van der Waals surface area contributed by atoms with Crippen LogP contribution < -0.4 is 0 Å². The first-order valence-electron chi connectivity index (χ1n) is 24.9. The third-order valence-electron chi connectivity index (χ3n) is 15.4. The first-order valence-corrected chi connectivity index (χ1v) is 27.0. The fraction of sp³-hybridized carbons (Fsp3) is 0.808. The number of amides is 1. The van der Waals surface area contributed by atoms with Crippen LogP contribution >= 0.6 is 0 Å². The van der Waals surface area contributed by atoms with Gasteiger partial charge in [0.25, 0.3) is 11.7 Å². The third kappa shape index (κ3) is 12.8. The molecule has 4 aliphatic rings. The number of cyclic esters (lactones) is 1. The number of aliphatic hydroxyl groups is 1. The van der Waals surface area contributed by atoms with Crippen molar-refractivity contribution in [1.29, 1.82) is 0 Å². The monoisotopic (exact) mass is 930 g/mol. The van der Waals surface area contributed by atoms with Crippen molar-refractivity contribution in [3.05, 3.63) is 35.5 Å². The molecule has 3 fully saturated rings. The normalized spacial score (nSPS) is 37.1. The zero-order valence-electron chi connectivity index (χ0n) is 42.7. The lowest BCUT2D eigenvalue weighted by atomic mass is 9.82. The van der Waals surface area contributed by atoms with Crippen molar-refractivity contribution in [3.63, 3.8) is 0 Å². The average molecular weight is 930 g/mol. The molecule has 13 unspecified atom stereocenters.